The topological polar surface area (TPSA) is 148 Å². The number of ether oxygens (including phenoxy) is 6. The Morgan fingerprint density at radius 3 is 1.47 bits per heavy atom. The number of hydrogen-bond donors (Lipinski definition) is 0. The fourth-order valence-corrected chi connectivity index (χ4v) is 3.22. The van der Waals surface area contributed by atoms with Crippen LogP contribution in [0.1, 0.15) is 5.56 Å². The lowest BCUT2D eigenvalue weighted by Crippen LogP contribution is -2.15. The second-order valence-corrected chi connectivity index (χ2v) is 8.33. The molecule has 0 aliphatic rings. The molecule has 0 aromatic heterocycles. The van der Waals surface area contributed by atoms with Gasteiger partial charge in [-0.25, -0.2) is 0 Å². The van der Waals surface area contributed by atoms with E-state index in [4.69, 9.17) is 38.1 Å². The quantitative estimate of drug-likeness (QED) is 0.0717. The second kappa shape index (κ2) is 20.6. The van der Waals surface area contributed by atoms with Gasteiger partial charge in [-0.3, -0.25) is 4.18 Å². The van der Waals surface area contributed by atoms with Gasteiger partial charge in [0.25, 0.3) is 10.1 Å². The monoisotopic (exact) mass is 505 g/mol. The first kappa shape index (κ1) is 30.2. The maximum absolute atomic E-state index is 12.0. The van der Waals surface area contributed by atoms with Crippen LogP contribution in [0, 0.1) is 6.92 Å². The Balaban J connectivity index is 1.79. The van der Waals surface area contributed by atoms with Crippen molar-refractivity contribution >= 4 is 10.1 Å². The molecule has 12 nitrogen and oxygen atoms in total. The molecule has 34 heavy (non-hydrogen) atoms. The predicted octanol–water partition coefficient (Wildman–Crippen LogP) is 2.11. The molecule has 0 amide bonds. The van der Waals surface area contributed by atoms with Gasteiger partial charge < -0.3 is 28.4 Å². The lowest BCUT2D eigenvalue weighted by atomic mass is 10.2. The summed E-state index contributed by atoms with van der Waals surface area (Å²) in [5.41, 5.74) is 9.08. The molecule has 0 bridgehead atoms. The largest absolute Gasteiger partial charge is 0.379 e. The van der Waals surface area contributed by atoms with Crippen molar-refractivity contribution < 1.29 is 41.0 Å². The van der Waals surface area contributed by atoms with Crippen molar-refractivity contribution in [1.29, 1.82) is 0 Å². The van der Waals surface area contributed by atoms with E-state index in [1.165, 1.54) is 12.1 Å². The highest BCUT2D eigenvalue weighted by Gasteiger charge is 2.14. The maximum atomic E-state index is 12.0. The van der Waals surface area contributed by atoms with E-state index >= 15 is 0 Å². The molecule has 13 heteroatoms. The van der Waals surface area contributed by atoms with Crippen LogP contribution >= 0.6 is 0 Å². The van der Waals surface area contributed by atoms with Crippen molar-refractivity contribution in [2.45, 2.75) is 11.8 Å². The van der Waals surface area contributed by atoms with Crippen molar-refractivity contribution in [3.05, 3.63) is 40.3 Å². The minimum atomic E-state index is -3.76. The van der Waals surface area contributed by atoms with Crippen molar-refractivity contribution in [2.24, 2.45) is 5.11 Å². The van der Waals surface area contributed by atoms with Gasteiger partial charge in [-0.05, 0) is 24.6 Å². The van der Waals surface area contributed by atoms with Crippen LogP contribution in [0.2, 0.25) is 0 Å². The van der Waals surface area contributed by atoms with Gasteiger partial charge in [0.1, 0.15) is 0 Å². The Bertz CT molecular complexity index is 772. The van der Waals surface area contributed by atoms with Crippen LogP contribution < -0.4 is 0 Å². The van der Waals surface area contributed by atoms with Gasteiger partial charge in [0.2, 0.25) is 0 Å². The third-order valence-electron chi connectivity index (χ3n) is 4.03. The first-order valence-electron chi connectivity index (χ1n) is 11.0. The molecule has 0 saturated carbocycles. The van der Waals surface area contributed by atoms with Crippen LogP contribution in [0.3, 0.4) is 0 Å². The summed E-state index contributed by atoms with van der Waals surface area (Å²) in [6, 6.07) is 6.46. The van der Waals surface area contributed by atoms with Gasteiger partial charge in [0.15, 0.2) is 0 Å². The van der Waals surface area contributed by atoms with E-state index in [0.717, 1.165) is 5.56 Å². The summed E-state index contributed by atoms with van der Waals surface area (Å²) in [6.07, 6.45) is 0. The summed E-state index contributed by atoms with van der Waals surface area (Å²) in [7, 11) is -3.76. The fourth-order valence-electron chi connectivity index (χ4n) is 2.33. The molecule has 1 aromatic carbocycles. The van der Waals surface area contributed by atoms with Crippen LogP contribution in [0.25, 0.3) is 10.4 Å². The zero-order valence-corrected chi connectivity index (χ0v) is 20.4. The van der Waals surface area contributed by atoms with E-state index in [-0.39, 0.29) is 18.1 Å². The normalized spacial score (nSPS) is 11.4. The summed E-state index contributed by atoms with van der Waals surface area (Å²) in [4.78, 5) is 2.75. The molecular formula is C21H35N3O9S. The average molecular weight is 506 g/mol. The van der Waals surface area contributed by atoms with Gasteiger partial charge in [-0.15, -0.1) is 0 Å². The molecule has 0 atom stereocenters. The fraction of sp³-hybridized carbons (Fsp3) is 0.714. The first-order valence-corrected chi connectivity index (χ1v) is 12.4. The first-order chi connectivity index (χ1) is 16.6. The van der Waals surface area contributed by atoms with Gasteiger partial charge in [-0.1, -0.05) is 22.8 Å². The van der Waals surface area contributed by atoms with E-state index in [1.54, 1.807) is 12.1 Å². The molecule has 0 unspecified atom stereocenters. The molecule has 0 aliphatic heterocycles. The third-order valence-corrected chi connectivity index (χ3v) is 5.36. The van der Waals surface area contributed by atoms with Crippen molar-refractivity contribution in [2.75, 3.05) is 92.4 Å². The zero-order valence-electron chi connectivity index (χ0n) is 19.6. The lowest BCUT2D eigenvalue weighted by molar-refractivity contribution is -0.0174. The van der Waals surface area contributed by atoms with E-state index < -0.39 is 10.1 Å². The second-order valence-electron chi connectivity index (χ2n) is 6.72. The van der Waals surface area contributed by atoms with Gasteiger partial charge >= 0.3 is 0 Å². The van der Waals surface area contributed by atoms with Crippen LogP contribution in [0.4, 0.5) is 0 Å². The Kier molecular flexibility index (Phi) is 18.3. The molecule has 0 heterocycles. The molecule has 0 radical (unpaired) electrons. The van der Waals surface area contributed by atoms with Gasteiger partial charge in [0, 0.05) is 11.5 Å². The number of azide groups is 1. The number of aryl methyl sites for hydroxylation is 1. The van der Waals surface area contributed by atoms with Crippen LogP contribution in [0.15, 0.2) is 34.3 Å². The molecule has 1 aromatic rings. The van der Waals surface area contributed by atoms with Crippen molar-refractivity contribution in [3.63, 3.8) is 0 Å². The summed E-state index contributed by atoms with van der Waals surface area (Å²) >= 11 is 0. The molecule has 0 fully saturated rings. The molecule has 0 N–H and O–H groups in total. The molecule has 0 aliphatic carbocycles. The highest BCUT2D eigenvalue weighted by Crippen LogP contribution is 2.12. The number of nitrogens with zero attached hydrogens (tertiary/aromatic N) is 3. The number of rotatable bonds is 23. The molecule has 0 spiro atoms. The van der Waals surface area contributed by atoms with E-state index in [0.29, 0.717) is 79.2 Å². The van der Waals surface area contributed by atoms with Crippen LogP contribution in [-0.2, 0) is 42.7 Å². The van der Waals surface area contributed by atoms with E-state index in [1.807, 2.05) is 6.92 Å². The van der Waals surface area contributed by atoms with Crippen LogP contribution in [0.5, 0.6) is 0 Å². The lowest BCUT2D eigenvalue weighted by Gasteiger charge is -2.08. The number of benzene rings is 1. The summed E-state index contributed by atoms with van der Waals surface area (Å²) in [5.74, 6) is 0. The van der Waals surface area contributed by atoms with Crippen molar-refractivity contribution in [3.8, 4) is 0 Å². The van der Waals surface area contributed by atoms with E-state index in [2.05, 4.69) is 10.0 Å². The van der Waals surface area contributed by atoms with Crippen molar-refractivity contribution in [1.82, 2.24) is 0 Å². The van der Waals surface area contributed by atoms with Gasteiger partial charge in [0.05, 0.1) is 90.8 Å². The Morgan fingerprint density at radius 2 is 1.06 bits per heavy atom. The highest BCUT2D eigenvalue weighted by atomic mass is 32.2. The molecular weight excluding hydrogens is 470 g/mol. The smallest absolute Gasteiger partial charge is 0.297 e. The maximum Gasteiger partial charge on any atom is 0.297 e. The highest BCUT2D eigenvalue weighted by molar-refractivity contribution is 7.86. The third kappa shape index (κ3) is 16.8. The number of hydrogen-bond acceptors (Lipinski definition) is 10. The Labute approximate surface area is 201 Å². The summed E-state index contributed by atoms with van der Waals surface area (Å²) in [5, 5.41) is 3.35. The molecule has 0 saturated heterocycles. The minimum Gasteiger partial charge on any atom is -0.379 e. The zero-order chi connectivity index (χ0) is 24.7. The van der Waals surface area contributed by atoms with Crippen LogP contribution in [-0.4, -0.2) is 101 Å². The standard InChI is InChI=1S/C21H35N3O9S/c1-20-2-4-21(5-3-20)34(25,26)33-19-18-32-17-16-31-15-14-30-13-12-29-11-10-28-9-8-27-7-6-23-24-22/h2-5H,6-19H2,1H3. The average Bonchev–Trinajstić information content (AvgIpc) is 2.82. The van der Waals surface area contributed by atoms with Gasteiger partial charge in [-0.2, -0.15) is 8.42 Å². The minimum absolute atomic E-state index is 0.0585. The molecule has 1 rings (SSSR count). The molecule has 194 valence electrons. The predicted molar refractivity (Wildman–Crippen MR) is 123 cm³/mol. The van der Waals surface area contributed by atoms with E-state index in [9.17, 15) is 8.42 Å². The Hall–Kier alpha value is -1.80. The summed E-state index contributed by atoms with van der Waals surface area (Å²) in [6.45, 7) is 6.97. The summed E-state index contributed by atoms with van der Waals surface area (Å²) < 4.78 is 60.9. The Morgan fingerprint density at radius 1 is 0.676 bits per heavy atom. The SMILES string of the molecule is Cc1ccc(S(=O)(=O)OCCOCCOCCOCCOCCOCCOCCN=[N+]=[N-])cc1.